The standard InChI is InChI=1S/C9H10ClN3O2/c10-7-3-1-2-6(4-7)9(14)12-5-8(11)13-15/h1-4,15H,5H2,(H2,11,13)(H,12,14). The molecule has 0 aliphatic heterocycles. The first kappa shape index (κ1) is 11.3. The minimum absolute atomic E-state index is 0.0121. The highest BCUT2D eigenvalue weighted by molar-refractivity contribution is 6.30. The van der Waals surface area contributed by atoms with Crippen LogP contribution in [0.25, 0.3) is 0 Å². The van der Waals surface area contributed by atoms with Crippen LogP contribution in [0.4, 0.5) is 0 Å². The Hall–Kier alpha value is -1.75. The summed E-state index contributed by atoms with van der Waals surface area (Å²) in [6.07, 6.45) is 0. The number of benzene rings is 1. The smallest absolute Gasteiger partial charge is 0.251 e. The van der Waals surface area contributed by atoms with E-state index in [4.69, 9.17) is 22.5 Å². The van der Waals surface area contributed by atoms with Crippen LogP contribution in [0.3, 0.4) is 0 Å². The first-order valence-corrected chi connectivity index (χ1v) is 4.51. The van der Waals surface area contributed by atoms with Gasteiger partial charge in [-0.15, -0.1) is 0 Å². The van der Waals surface area contributed by atoms with Gasteiger partial charge in [0.25, 0.3) is 5.91 Å². The summed E-state index contributed by atoms with van der Waals surface area (Å²) in [5.74, 6) is -0.394. The van der Waals surface area contributed by atoms with Crippen molar-refractivity contribution < 1.29 is 10.0 Å². The first-order valence-electron chi connectivity index (χ1n) is 4.13. The maximum Gasteiger partial charge on any atom is 0.251 e. The average Bonchev–Trinajstić information content (AvgIpc) is 2.25. The number of rotatable bonds is 3. The van der Waals surface area contributed by atoms with Crippen LogP contribution in [0.1, 0.15) is 10.4 Å². The number of hydrogen-bond donors (Lipinski definition) is 3. The highest BCUT2D eigenvalue weighted by Crippen LogP contribution is 2.10. The van der Waals surface area contributed by atoms with Gasteiger partial charge in [0.2, 0.25) is 0 Å². The molecule has 0 aliphatic carbocycles. The Morgan fingerprint density at radius 2 is 2.33 bits per heavy atom. The fourth-order valence-electron chi connectivity index (χ4n) is 0.938. The lowest BCUT2D eigenvalue weighted by atomic mass is 10.2. The van der Waals surface area contributed by atoms with E-state index in [1.54, 1.807) is 18.2 Å². The van der Waals surface area contributed by atoms with Crippen molar-refractivity contribution in [1.82, 2.24) is 5.32 Å². The molecule has 0 saturated carbocycles. The van der Waals surface area contributed by atoms with E-state index in [-0.39, 0.29) is 18.3 Å². The number of nitrogens with two attached hydrogens (primary N) is 1. The summed E-state index contributed by atoms with van der Waals surface area (Å²) in [6.45, 7) is -0.0121. The normalized spacial score (nSPS) is 11.1. The molecule has 5 nitrogen and oxygen atoms in total. The van der Waals surface area contributed by atoms with Crippen molar-refractivity contribution in [3.8, 4) is 0 Å². The Kier molecular flexibility index (Phi) is 3.93. The lowest BCUT2D eigenvalue weighted by molar-refractivity contribution is 0.0959. The number of hydrogen-bond acceptors (Lipinski definition) is 3. The first-order chi connectivity index (χ1) is 7.13. The summed E-state index contributed by atoms with van der Waals surface area (Å²) < 4.78 is 0. The molecule has 0 unspecified atom stereocenters. The maximum atomic E-state index is 11.5. The molecule has 1 aromatic carbocycles. The van der Waals surface area contributed by atoms with E-state index in [9.17, 15) is 4.79 Å². The second kappa shape index (κ2) is 5.21. The zero-order valence-electron chi connectivity index (χ0n) is 7.77. The minimum atomic E-state index is -0.330. The molecule has 0 spiro atoms. The molecule has 0 radical (unpaired) electrons. The Morgan fingerprint density at radius 3 is 2.93 bits per heavy atom. The molecule has 1 rings (SSSR count). The molecule has 0 atom stereocenters. The second-order valence-electron chi connectivity index (χ2n) is 2.78. The number of amidine groups is 1. The predicted molar refractivity (Wildman–Crippen MR) is 57.2 cm³/mol. The highest BCUT2D eigenvalue weighted by atomic mass is 35.5. The summed E-state index contributed by atoms with van der Waals surface area (Å²) in [4.78, 5) is 11.5. The second-order valence-corrected chi connectivity index (χ2v) is 3.22. The van der Waals surface area contributed by atoms with Crippen molar-refractivity contribution in [2.75, 3.05) is 6.54 Å². The lowest BCUT2D eigenvalue weighted by Crippen LogP contribution is -2.33. The van der Waals surface area contributed by atoms with E-state index in [0.717, 1.165) is 0 Å². The van der Waals surface area contributed by atoms with Crippen LogP contribution in [0.15, 0.2) is 29.4 Å². The number of carbonyl (C=O) groups excluding carboxylic acids is 1. The van der Waals surface area contributed by atoms with Gasteiger partial charge in [0.05, 0.1) is 6.54 Å². The maximum absolute atomic E-state index is 11.5. The van der Waals surface area contributed by atoms with Crippen molar-refractivity contribution in [1.29, 1.82) is 0 Å². The van der Waals surface area contributed by atoms with E-state index in [0.29, 0.717) is 10.6 Å². The predicted octanol–water partition coefficient (Wildman–Crippen LogP) is 0.816. The van der Waals surface area contributed by atoms with Crippen LogP contribution in [-0.2, 0) is 0 Å². The van der Waals surface area contributed by atoms with Crippen molar-refractivity contribution in [2.24, 2.45) is 10.9 Å². The summed E-state index contributed by atoms with van der Waals surface area (Å²) in [7, 11) is 0. The average molecular weight is 228 g/mol. The molecule has 0 fully saturated rings. The summed E-state index contributed by atoms with van der Waals surface area (Å²) in [6, 6.07) is 6.49. The minimum Gasteiger partial charge on any atom is -0.409 e. The van der Waals surface area contributed by atoms with Crippen molar-refractivity contribution >= 4 is 23.3 Å². The third-order valence-corrected chi connectivity index (χ3v) is 1.88. The largest absolute Gasteiger partial charge is 0.409 e. The number of amides is 1. The SMILES string of the molecule is N/C(CNC(=O)c1cccc(Cl)c1)=N\O. The van der Waals surface area contributed by atoms with Crippen molar-refractivity contribution in [3.63, 3.8) is 0 Å². The van der Waals surface area contributed by atoms with Gasteiger partial charge in [-0.05, 0) is 18.2 Å². The molecule has 6 heteroatoms. The third-order valence-electron chi connectivity index (χ3n) is 1.65. The van der Waals surface area contributed by atoms with Gasteiger partial charge in [-0.2, -0.15) is 0 Å². The van der Waals surface area contributed by atoms with Gasteiger partial charge in [0, 0.05) is 10.6 Å². The van der Waals surface area contributed by atoms with E-state index >= 15 is 0 Å². The van der Waals surface area contributed by atoms with E-state index < -0.39 is 0 Å². The number of nitrogens with zero attached hydrogens (tertiary/aromatic N) is 1. The van der Waals surface area contributed by atoms with Crippen LogP contribution >= 0.6 is 11.6 Å². The molecular formula is C9H10ClN3O2. The Balaban J connectivity index is 2.62. The molecule has 0 bridgehead atoms. The molecule has 0 saturated heterocycles. The monoisotopic (exact) mass is 227 g/mol. The Morgan fingerprint density at radius 1 is 1.60 bits per heavy atom. The molecule has 0 heterocycles. The molecular weight excluding hydrogens is 218 g/mol. The van der Waals surface area contributed by atoms with Gasteiger partial charge in [0.15, 0.2) is 5.84 Å². The number of halogens is 1. The topological polar surface area (TPSA) is 87.7 Å². The molecule has 1 amide bonds. The van der Waals surface area contributed by atoms with E-state index in [2.05, 4.69) is 10.5 Å². The molecule has 4 N–H and O–H groups in total. The van der Waals surface area contributed by atoms with Crippen LogP contribution in [0.5, 0.6) is 0 Å². The van der Waals surface area contributed by atoms with Gasteiger partial charge in [-0.25, -0.2) is 0 Å². The zero-order valence-corrected chi connectivity index (χ0v) is 8.53. The number of oxime groups is 1. The summed E-state index contributed by atoms with van der Waals surface area (Å²) in [5.41, 5.74) is 5.61. The van der Waals surface area contributed by atoms with Gasteiger partial charge in [0.1, 0.15) is 0 Å². The van der Waals surface area contributed by atoms with Crippen LogP contribution in [0, 0.1) is 0 Å². The third kappa shape index (κ3) is 3.47. The molecule has 0 aliphatic rings. The van der Waals surface area contributed by atoms with Crippen LogP contribution in [0.2, 0.25) is 5.02 Å². The van der Waals surface area contributed by atoms with Gasteiger partial charge in [-0.1, -0.05) is 22.8 Å². The lowest BCUT2D eigenvalue weighted by Gasteiger charge is -2.03. The van der Waals surface area contributed by atoms with Crippen molar-refractivity contribution in [3.05, 3.63) is 34.9 Å². The van der Waals surface area contributed by atoms with Gasteiger partial charge < -0.3 is 16.3 Å². The molecule has 0 aromatic heterocycles. The number of nitrogens with one attached hydrogen (secondary N) is 1. The molecule has 1 aromatic rings. The fourth-order valence-corrected chi connectivity index (χ4v) is 1.13. The zero-order chi connectivity index (χ0) is 11.3. The van der Waals surface area contributed by atoms with Crippen LogP contribution < -0.4 is 11.1 Å². The van der Waals surface area contributed by atoms with Crippen molar-refractivity contribution in [2.45, 2.75) is 0 Å². The molecule has 15 heavy (non-hydrogen) atoms. The van der Waals surface area contributed by atoms with E-state index in [1.807, 2.05) is 0 Å². The quantitative estimate of drug-likeness (QED) is 0.309. The van der Waals surface area contributed by atoms with Gasteiger partial charge in [-0.3, -0.25) is 4.79 Å². The fraction of sp³-hybridized carbons (Fsp3) is 0.111. The van der Waals surface area contributed by atoms with Gasteiger partial charge >= 0.3 is 0 Å². The highest BCUT2D eigenvalue weighted by Gasteiger charge is 2.05. The molecule has 80 valence electrons. The van der Waals surface area contributed by atoms with E-state index in [1.165, 1.54) is 6.07 Å². The Bertz CT molecular complexity index is 393. The summed E-state index contributed by atoms with van der Waals surface area (Å²) in [5, 5.41) is 13.9. The summed E-state index contributed by atoms with van der Waals surface area (Å²) >= 11 is 5.71. The Labute approximate surface area is 91.5 Å². The van der Waals surface area contributed by atoms with Crippen LogP contribution in [-0.4, -0.2) is 23.5 Å². The number of carbonyl (C=O) groups is 1.